The van der Waals surface area contributed by atoms with E-state index in [0.29, 0.717) is 38.5 Å². The third-order valence-corrected chi connectivity index (χ3v) is 9.77. The summed E-state index contributed by atoms with van der Waals surface area (Å²) in [5.41, 5.74) is -12.4. The zero-order valence-electron chi connectivity index (χ0n) is 15.8. The van der Waals surface area contributed by atoms with Crippen molar-refractivity contribution in [1.82, 2.24) is 0 Å². The van der Waals surface area contributed by atoms with E-state index in [1.54, 1.807) is 0 Å². The molecule has 0 N–H and O–H groups in total. The fourth-order valence-corrected chi connectivity index (χ4v) is 7.43. The number of alkyl halides is 7. The summed E-state index contributed by atoms with van der Waals surface area (Å²) in [6, 6.07) is 0. The van der Waals surface area contributed by atoms with Crippen molar-refractivity contribution < 1.29 is 43.3 Å². The first-order valence-corrected chi connectivity index (χ1v) is 11.2. The largest absolute Gasteiger partial charge is 0.523 e. The third kappa shape index (κ3) is 2.43. The van der Waals surface area contributed by atoms with Gasteiger partial charge in [-0.3, -0.25) is 0 Å². The lowest BCUT2D eigenvalue weighted by Crippen LogP contribution is -2.77. The average Bonchev–Trinajstić information content (AvgIpc) is 2.60. The van der Waals surface area contributed by atoms with Gasteiger partial charge in [-0.2, -0.15) is 39.2 Å². The molecule has 0 aliphatic heterocycles. The predicted molar refractivity (Wildman–Crippen MR) is 87.8 cm³/mol. The van der Waals surface area contributed by atoms with Crippen LogP contribution in [0.2, 0.25) is 0 Å². The molecule has 0 unspecified atom stereocenters. The summed E-state index contributed by atoms with van der Waals surface area (Å²) in [4.78, 5) is 0. The second-order valence-electron chi connectivity index (χ2n) is 9.80. The molecule has 3 nitrogen and oxygen atoms in total. The summed E-state index contributed by atoms with van der Waals surface area (Å²) in [5, 5.41) is 0. The van der Waals surface area contributed by atoms with Crippen molar-refractivity contribution in [1.29, 1.82) is 0 Å². The molecule has 29 heavy (non-hydrogen) atoms. The Morgan fingerprint density at radius 2 is 1.17 bits per heavy atom. The molecule has 6 aliphatic rings. The van der Waals surface area contributed by atoms with Crippen LogP contribution in [0, 0.1) is 16.2 Å². The summed E-state index contributed by atoms with van der Waals surface area (Å²) in [7, 11) is -6.44. The van der Waals surface area contributed by atoms with Crippen LogP contribution >= 0.6 is 0 Å². The minimum Gasteiger partial charge on any atom is -0.250 e. The Balaban J connectivity index is 1.75. The summed E-state index contributed by atoms with van der Waals surface area (Å²) >= 11 is 0. The van der Waals surface area contributed by atoms with Crippen molar-refractivity contribution in [2.75, 3.05) is 0 Å². The average molecular weight is 452 g/mol. The molecule has 11 heteroatoms. The molecule has 0 radical (unpaired) electrons. The molecule has 0 spiro atoms. The van der Waals surface area contributed by atoms with Gasteiger partial charge in [0.1, 0.15) is 0 Å². The van der Waals surface area contributed by atoms with Crippen LogP contribution in [0.3, 0.4) is 0 Å². The maximum Gasteiger partial charge on any atom is 0.523 e. The van der Waals surface area contributed by atoms with Crippen molar-refractivity contribution in [3.63, 3.8) is 0 Å². The van der Waals surface area contributed by atoms with Crippen LogP contribution in [-0.4, -0.2) is 31.4 Å². The van der Waals surface area contributed by atoms with E-state index in [1.165, 1.54) is 0 Å². The van der Waals surface area contributed by atoms with Crippen LogP contribution in [0.1, 0.15) is 71.1 Å². The Morgan fingerprint density at radius 1 is 0.724 bits per heavy atom. The second-order valence-corrected chi connectivity index (χ2v) is 11.3. The molecular weight excluding hydrogens is 429 g/mol. The quantitative estimate of drug-likeness (QED) is 0.309. The van der Waals surface area contributed by atoms with Crippen molar-refractivity contribution in [3.8, 4) is 0 Å². The van der Waals surface area contributed by atoms with Gasteiger partial charge in [-0.05, 0) is 75.0 Å². The van der Waals surface area contributed by atoms with Gasteiger partial charge < -0.3 is 0 Å². The minimum absolute atomic E-state index is 0.0210. The highest BCUT2D eigenvalue weighted by atomic mass is 32.2. The Hall–Kier alpha value is -0.580. The fourth-order valence-electron chi connectivity index (χ4n) is 6.64. The number of hydrogen-bond donors (Lipinski definition) is 0. The number of fused-ring (bicyclic) bond motifs is 6. The molecular formula is C18H23F7O3S. The number of hydrogen-bond acceptors (Lipinski definition) is 3. The van der Waals surface area contributed by atoms with E-state index >= 15 is 17.6 Å². The van der Waals surface area contributed by atoms with Gasteiger partial charge in [-0.15, -0.1) is 0 Å². The molecule has 0 heterocycles. The van der Waals surface area contributed by atoms with Crippen LogP contribution < -0.4 is 0 Å². The van der Waals surface area contributed by atoms with Gasteiger partial charge >= 0.3 is 27.5 Å². The first-order chi connectivity index (χ1) is 13.0. The first-order valence-electron chi connectivity index (χ1n) is 9.77. The van der Waals surface area contributed by atoms with Crippen LogP contribution in [0.15, 0.2) is 0 Å². The smallest absolute Gasteiger partial charge is 0.250 e. The van der Waals surface area contributed by atoms with Crippen LogP contribution in [0.4, 0.5) is 30.7 Å². The lowest BCUT2D eigenvalue weighted by atomic mass is 9.38. The van der Waals surface area contributed by atoms with Crippen LogP contribution in [0.25, 0.3) is 0 Å². The van der Waals surface area contributed by atoms with Crippen molar-refractivity contribution >= 4 is 10.1 Å². The molecule has 6 aliphatic carbocycles. The van der Waals surface area contributed by atoms with E-state index in [4.69, 9.17) is 0 Å². The van der Waals surface area contributed by atoms with Crippen molar-refractivity contribution in [2.45, 2.75) is 94.1 Å². The molecule has 0 aromatic heterocycles. The Bertz CT molecular complexity index is 785. The molecule has 6 rings (SSSR count). The molecule has 6 saturated carbocycles. The van der Waals surface area contributed by atoms with E-state index in [9.17, 15) is 21.6 Å². The van der Waals surface area contributed by atoms with E-state index in [1.807, 2.05) is 0 Å². The zero-order chi connectivity index (χ0) is 21.8. The van der Waals surface area contributed by atoms with Gasteiger partial charge in [0.15, 0.2) is 5.60 Å². The van der Waals surface area contributed by atoms with E-state index < -0.39 is 69.6 Å². The fraction of sp³-hybridized carbons (Fsp3) is 1.00. The molecule has 4 bridgehead atoms. The predicted octanol–water partition coefficient (Wildman–Crippen LogP) is 5.80. The van der Waals surface area contributed by atoms with Crippen molar-refractivity contribution in [2.24, 2.45) is 16.2 Å². The lowest BCUT2D eigenvalue weighted by molar-refractivity contribution is -0.403. The van der Waals surface area contributed by atoms with Gasteiger partial charge in [0.05, 0.1) is 0 Å². The van der Waals surface area contributed by atoms with E-state index in [0.717, 1.165) is 0 Å². The Kier molecular flexibility index (Phi) is 4.19. The molecule has 0 aromatic carbocycles. The third-order valence-electron chi connectivity index (χ3n) is 8.67. The van der Waals surface area contributed by atoms with Gasteiger partial charge in [0, 0.05) is 5.41 Å². The maximum absolute atomic E-state index is 15.5. The number of halogens is 7. The highest BCUT2D eigenvalue weighted by molar-refractivity contribution is 7.87. The molecule has 0 amide bonds. The normalized spacial score (nSPS) is 46.1. The molecule has 0 atom stereocenters. The van der Waals surface area contributed by atoms with Gasteiger partial charge in [-0.25, -0.2) is 4.18 Å². The van der Waals surface area contributed by atoms with Gasteiger partial charge in [0.2, 0.25) is 0 Å². The SMILES string of the molecule is CC12CCC(C34CCC(OS(=O)(=O)C(F)(F)F)(CC3)C(F)(F)C4(F)F)(CC1)CC2. The standard InChI is InChI=1S/C18H23F7O3S/c1-12-2-5-13(6-3-12,7-4-12)14-8-10-15(11-9-14,17(21,22)16(14,19)20)28-29(26,27)18(23,24)25/h2-11H2,1H3. The first kappa shape index (κ1) is 21.6. The second kappa shape index (κ2) is 5.61. The molecule has 6 fully saturated rings. The zero-order valence-corrected chi connectivity index (χ0v) is 16.7. The lowest BCUT2D eigenvalue weighted by Gasteiger charge is -2.69. The summed E-state index contributed by atoms with van der Waals surface area (Å²) in [6.45, 7) is 2.06. The van der Waals surface area contributed by atoms with Gasteiger partial charge in [0.25, 0.3) is 0 Å². The highest BCUT2D eigenvalue weighted by Crippen LogP contribution is 2.78. The summed E-state index contributed by atoms with van der Waals surface area (Å²) in [6.07, 6.45) is 0.465. The highest BCUT2D eigenvalue weighted by Gasteiger charge is 2.87. The van der Waals surface area contributed by atoms with Crippen LogP contribution in [0.5, 0.6) is 0 Å². The van der Waals surface area contributed by atoms with Crippen LogP contribution in [-0.2, 0) is 14.3 Å². The summed E-state index contributed by atoms with van der Waals surface area (Å²) in [5.74, 6) is -9.69. The monoisotopic (exact) mass is 452 g/mol. The van der Waals surface area contributed by atoms with E-state index in [2.05, 4.69) is 11.1 Å². The molecule has 168 valence electrons. The minimum atomic E-state index is -6.44. The van der Waals surface area contributed by atoms with Gasteiger partial charge in [-0.1, -0.05) is 6.92 Å². The van der Waals surface area contributed by atoms with Crippen molar-refractivity contribution in [3.05, 3.63) is 0 Å². The topological polar surface area (TPSA) is 43.4 Å². The molecule has 0 aromatic rings. The maximum atomic E-state index is 15.5. The Labute approximate surface area is 164 Å². The summed E-state index contributed by atoms with van der Waals surface area (Å²) < 4.78 is 126. The number of rotatable bonds is 3. The molecule has 0 saturated heterocycles. The Morgan fingerprint density at radius 3 is 1.59 bits per heavy atom. The van der Waals surface area contributed by atoms with E-state index in [-0.39, 0.29) is 5.41 Å².